The van der Waals surface area contributed by atoms with Crippen LogP contribution in [0.3, 0.4) is 0 Å². The quantitative estimate of drug-likeness (QED) is 0.626. The third kappa shape index (κ3) is 1.74. The molecule has 0 spiro atoms. The van der Waals surface area contributed by atoms with E-state index in [0.717, 1.165) is 6.42 Å². The largest absolute Gasteiger partial charge is 0.144 e. The van der Waals surface area contributed by atoms with Crippen LogP contribution in [0.25, 0.3) is 5.57 Å². The van der Waals surface area contributed by atoms with Crippen molar-refractivity contribution in [3.63, 3.8) is 0 Å². The predicted octanol–water partition coefficient (Wildman–Crippen LogP) is 5.19. The minimum atomic E-state index is 1.16. The number of rotatable bonds is 0. The molecule has 2 aliphatic carbocycles. The first-order chi connectivity index (χ1) is 8.92. The van der Waals surface area contributed by atoms with Crippen molar-refractivity contribution in [2.75, 3.05) is 5.75 Å². The minimum Gasteiger partial charge on any atom is -0.144 e. The van der Waals surface area contributed by atoms with Gasteiger partial charge in [-0.3, -0.25) is 0 Å². The van der Waals surface area contributed by atoms with Gasteiger partial charge in [0.25, 0.3) is 0 Å². The zero-order chi connectivity index (χ0) is 11.9. The molecule has 0 bridgehead atoms. The van der Waals surface area contributed by atoms with Gasteiger partial charge in [0.15, 0.2) is 0 Å². The molecule has 0 saturated carbocycles. The van der Waals surface area contributed by atoms with Crippen molar-refractivity contribution in [1.82, 2.24) is 0 Å². The van der Waals surface area contributed by atoms with Crippen LogP contribution in [0.15, 0.2) is 39.6 Å². The van der Waals surface area contributed by atoms with E-state index in [1.165, 1.54) is 36.3 Å². The summed E-state index contributed by atoms with van der Waals surface area (Å²) >= 11 is 4.01. The van der Waals surface area contributed by atoms with E-state index in [-0.39, 0.29) is 0 Å². The van der Waals surface area contributed by atoms with Crippen LogP contribution in [0.1, 0.15) is 36.1 Å². The number of hydrogen-bond acceptors (Lipinski definition) is 2. The van der Waals surface area contributed by atoms with E-state index < -0.39 is 0 Å². The van der Waals surface area contributed by atoms with Gasteiger partial charge >= 0.3 is 0 Å². The van der Waals surface area contributed by atoms with Crippen LogP contribution < -0.4 is 0 Å². The predicted molar refractivity (Wildman–Crippen MR) is 82.0 cm³/mol. The van der Waals surface area contributed by atoms with Crippen molar-refractivity contribution in [3.05, 3.63) is 50.1 Å². The van der Waals surface area contributed by atoms with E-state index in [1.807, 2.05) is 11.3 Å². The van der Waals surface area contributed by atoms with Gasteiger partial charge in [-0.05, 0) is 65.2 Å². The zero-order valence-corrected chi connectivity index (χ0v) is 12.0. The lowest BCUT2D eigenvalue weighted by Gasteiger charge is -2.02. The van der Waals surface area contributed by atoms with Crippen LogP contribution in [0, 0.1) is 0 Å². The average molecular weight is 272 g/mol. The maximum atomic E-state index is 2.50. The summed E-state index contributed by atoms with van der Waals surface area (Å²) < 4.78 is 0. The van der Waals surface area contributed by atoms with Gasteiger partial charge in [0.1, 0.15) is 0 Å². The monoisotopic (exact) mass is 272 g/mol. The maximum absolute atomic E-state index is 2.50. The first-order valence-corrected chi connectivity index (χ1v) is 8.58. The summed E-state index contributed by atoms with van der Waals surface area (Å²) in [7, 11) is 0. The molecule has 2 heteroatoms. The van der Waals surface area contributed by atoms with E-state index in [2.05, 4.69) is 35.4 Å². The van der Waals surface area contributed by atoms with Gasteiger partial charge in [0.05, 0.1) is 0 Å². The Morgan fingerprint density at radius 3 is 3.11 bits per heavy atom. The van der Waals surface area contributed by atoms with Crippen LogP contribution in [-0.4, -0.2) is 5.75 Å². The highest BCUT2D eigenvalue weighted by molar-refractivity contribution is 8.03. The van der Waals surface area contributed by atoms with Crippen LogP contribution >= 0.6 is 23.1 Å². The van der Waals surface area contributed by atoms with E-state index in [9.17, 15) is 0 Å². The van der Waals surface area contributed by atoms with Crippen molar-refractivity contribution in [1.29, 1.82) is 0 Å². The van der Waals surface area contributed by atoms with Crippen molar-refractivity contribution < 1.29 is 0 Å². The lowest BCUT2D eigenvalue weighted by Crippen LogP contribution is -1.82. The molecule has 0 unspecified atom stereocenters. The molecule has 0 radical (unpaired) electrons. The molecule has 1 aliphatic heterocycles. The fourth-order valence-electron chi connectivity index (χ4n) is 3.18. The zero-order valence-electron chi connectivity index (χ0n) is 10.4. The highest BCUT2D eigenvalue weighted by Crippen LogP contribution is 2.44. The smallest absolute Gasteiger partial charge is 0.0377 e. The highest BCUT2D eigenvalue weighted by atomic mass is 32.2. The summed E-state index contributed by atoms with van der Waals surface area (Å²) in [6.07, 6.45) is 11.2. The summed E-state index contributed by atoms with van der Waals surface area (Å²) in [5.74, 6) is 1.32. The Bertz CT molecular complexity index is 584. The second kappa shape index (κ2) is 4.43. The van der Waals surface area contributed by atoms with Gasteiger partial charge in [-0.25, -0.2) is 0 Å². The average Bonchev–Trinajstić information content (AvgIpc) is 3.02. The van der Waals surface area contributed by atoms with E-state index in [4.69, 9.17) is 0 Å². The lowest BCUT2D eigenvalue weighted by atomic mass is 10.1. The number of fused-ring (bicyclic) bond motifs is 3. The molecule has 1 aromatic rings. The molecule has 18 heavy (non-hydrogen) atoms. The normalized spacial score (nSPS) is 25.3. The summed E-state index contributed by atoms with van der Waals surface area (Å²) in [5, 5.41) is 2.24. The second-order valence-electron chi connectivity index (χ2n) is 5.17. The molecule has 4 rings (SSSR count). The first kappa shape index (κ1) is 11.1. The van der Waals surface area contributed by atoms with Gasteiger partial charge in [0.2, 0.25) is 0 Å². The van der Waals surface area contributed by atoms with Crippen LogP contribution in [-0.2, 0) is 6.42 Å². The third-order valence-electron chi connectivity index (χ3n) is 4.12. The van der Waals surface area contributed by atoms with E-state index >= 15 is 0 Å². The molecule has 0 nitrogen and oxygen atoms in total. The molecular weight excluding hydrogens is 256 g/mol. The fourth-order valence-corrected chi connectivity index (χ4v) is 5.38. The van der Waals surface area contributed by atoms with E-state index in [1.54, 1.807) is 27.2 Å². The Labute approximate surface area is 116 Å². The molecule has 92 valence electrons. The Hall–Kier alpha value is -0.730. The van der Waals surface area contributed by atoms with Gasteiger partial charge in [-0.1, -0.05) is 17.7 Å². The number of allylic oxidation sites excluding steroid dienone is 6. The summed E-state index contributed by atoms with van der Waals surface area (Å²) in [6.45, 7) is 0. The minimum absolute atomic E-state index is 1.16. The van der Waals surface area contributed by atoms with E-state index in [0.29, 0.717) is 0 Å². The SMILES string of the molecule is C1=C2Cc3ccsc3/C2=C/CCC2=C(C1)SCC2. The first-order valence-electron chi connectivity index (χ1n) is 6.72. The standard InChI is InChI=1S/C16H16S2/c1-2-11-6-8-17-15(11)5-4-12-10-13-7-9-18-16(13)14(12)3-1/h3-4,7,9H,1-2,5-6,8,10H2/b12-4?,14-3+. The Morgan fingerprint density at radius 2 is 2.11 bits per heavy atom. The molecule has 0 atom stereocenters. The molecule has 0 N–H and O–H groups in total. The maximum Gasteiger partial charge on any atom is 0.0377 e. The number of thioether (sulfide) groups is 1. The summed E-state index contributed by atoms with van der Waals surface area (Å²) in [6, 6.07) is 2.30. The molecule has 0 fully saturated rings. The van der Waals surface area contributed by atoms with Gasteiger partial charge in [-0.15, -0.1) is 23.1 Å². The highest BCUT2D eigenvalue weighted by Gasteiger charge is 2.23. The van der Waals surface area contributed by atoms with Crippen molar-refractivity contribution in [2.45, 2.75) is 32.1 Å². The topological polar surface area (TPSA) is 0 Å². The molecule has 0 aromatic carbocycles. The molecule has 0 saturated heterocycles. The summed E-state index contributed by atoms with van der Waals surface area (Å²) in [5.41, 5.74) is 6.41. The van der Waals surface area contributed by atoms with Crippen molar-refractivity contribution in [2.24, 2.45) is 0 Å². The van der Waals surface area contributed by atoms with Gasteiger partial charge < -0.3 is 0 Å². The molecule has 3 aliphatic rings. The van der Waals surface area contributed by atoms with Crippen molar-refractivity contribution >= 4 is 28.7 Å². The Balaban J connectivity index is 1.73. The van der Waals surface area contributed by atoms with Crippen molar-refractivity contribution in [3.8, 4) is 0 Å². The fraction of sp³-hybridized carbons (Fsp3) is 0.375. The van der Waals surface area contributed by atoms with Crippen LogP contribution in [0.5, 0.6) is 0 Å². The van der Waals surface area contributed by atoms with Crippen LogP contribution in [0.2, 0.25) is 0 Å². The number of thiophene rings is 1. The molecule has 0 amide bonds. The third-order valence-corrected chi connectivity index (χ3v) is 6.32. The lowest BCUT2D eigenvalue weighted by molar-refractivity contribution is 0.916. The Kier molecular flexibility index (Phi) is 2.74. The molecule has 2 heterocycles. The molecule has 1 aromatic heterocycles. The van der Waals surface area contributed by atoms with Crippen LogP contribution in [0.4, 0.5) is 0 Å². The Morgan fingerprint density at radius 1 is 1.11 bits per heavy atom. The van der Waals surface area contributed by atoms with Gasteiger partial charge in [0, 0.05) is 10.6 Å². The molecular formula is C16H16S2. The number of hydrogen-bond donors (Lipinski definition) is 0. The second-order valence-corrected chi connectivity index (χ2v) is 7.27. The summed E-state index contributed by atoms with van der Waals surface area (Å²) in [4.78, 5) is 3.21. The van der Waals surface area contributed by atoms with Gasteiger partial charge in [-0.2, -0.15) is 0 Å².